The third-order valence-electron chi connectivity index (χ3n) is 5.21. The molecule has 1 aliphatic heterocycles. The zero-order valence-corrected chi connectivity index (χ0v) is 20.6. The van der Waals surface area contributed by atoms with Crippen LogP contribution >= 0.6 is 23.2 Å². The lowest BCUT2D eigenvalue weighted by Gasteiger charge is -2.34. The second-order valence-corrected chi connectivity index (χ2v) is 9.91. The number of allylic oxidation sites excluding steroid dienone is 1. The fourth-order valence-electron chi connectivity index (χ4n) is 3.97. The Morgan fingerprint density at radius 2 is 1.73 bits per heavy atom. The Morgan fingerprint density at radius 3 is 2.24 bits per heavy atom. The second-order valence-electron chi connectivity index (χ2n) is 9.09. The highest BCUT2D eigenvalue weighted by molar-refractivity contribution is 6.42. The summed E-state index contributed by atoms with van der Waals surface area (Å²) in [7, 11) is 0. The molecule has 0 saturated heterocycles. The summed E-state index contributed by atoms with van der Waals surface area (Å²) >= 11 is 12.3. The minimum Gasteiger partial charge on any atom is -0.344 e. The summed E-state index contributed by atoms with van der Waals surface area (Å²) in [6.45, 7) is 10.8. The lowest BCUT2D eigenvalue weighted by molar-refractivity contribution is -0.141. The molecule has 0 bridgehead atoms. The highest BCUT2D eigenvalue weighted by Gasteiger charge is 2.40. The number of rotatable bonds is 6. The van der Waals surface area contributed by atoms with Crippen LogP contribution in [0.3, 0.4) is 0 Å². The van der Waals surface area contributed by atoms with Crippen LogP contribution in [0.5, 0.6) is 0 Å². The molecule has 1 aliphatic rings. The first kappa shape index (κ1) is 25.4. The van der Waals surface area contributed by atoms with Crippen LogP contribution in [-0.4, -0.2) is 33.7 Å². The first-order valence-electron chi connectivity index (χ1n) is 10.7. The van der Waals surface area contributed by atoms with E-state index in [4.69, 9.17) is 23.2 Å². The Morgan fingerprint density at radius 1 is 1.12 bits per heavy atom. The van der Waals surface area contributed by atoms with Gasteiger partial charge in [0.15, 0.2) is 5.69 Å². The monoisotopic (exact) mass is 502 g/mol. The molecule has 2 aromatic rings. The highest BCUT2D eigenvalue weighted by Crippen LogP contribution is 2.41. The average Bonchev–Trinajstić information content (AvgIpc) is 3.11. The molecule has 10 heteroatoms. The van der Waals surface area contributed by atoms with E-state index in [2.05, 4.69) is 10.4 Å². The third kappa shape index (κ3) is 5.49. The van der Waals surface area contributed by atoms with Gasteiger partial charge in [-0.05, 0) is 36.5 Å². The SMILES string of the molecule is CC1=C(C(=O)N(CC(C)C)CC(C)C)C(c2ccc(Cl)c(Cl)c2)n2nc(C(F)(F)F)cc2N1. The molecular formula is C23H27Cl2F3N4O. The topological polar surface area (TPSA) is 50.2 Å². The molecule has 1 N–H and O–H groups in total. The molecule has 180 valence electrons. The van der Waals surface area contributed by atoms with E-state index < -0.39 is 17.9 Å². The number of carbonyl (C=O) groups excluding carboxylic acids is 1. The van der Waals surface area contributed by atoms with Crippen molar-refractivity contribution in [3.63, 3.8) is 0 Å². The highest BCUT2D eigenvalue weighted by atomic mass is 35.5. The maximum atomic E-state index is 13.8. The molecule has 0 fully saturated rings. The normalized spacial score (nSPS) is 16.3. The molecule has 0 aliphatic carbocycles. The van der Waals surface area contributed by atoms with Crippen LogP contribution in [0.2, 0.25) is 10.0 Å². The molecule has 1 aromatic carbocycles. The first-order valence-corrected chi connectivity index (χ1v) is 11.4. The van der Waals surface area contributed by atoms with E-state index in [1.54, 1.807) is 30.0 Å². The number of anilines is 1. The summed E-state index contributed by atoms with van der Waals surface area (Å²) < 4.78 is 41.6. The number of benzene rings is 1. The van der Waals surface area contributed by atoms with E-state index in [0.717, 1.165) is 6.07 Å². The van der Waals surface area contributed by atoms with Gasteiger partial charge in [0, 0.05) is 24.9 Å². The average molecular weight is 503 g/mol. The Hall–Kier alpha value is -2.19. The zero-order valence-electron chi connectivity index (χ0n) is 19.1. The zero-order chi connectivity index (χ0) is 24.7. The van der Waals surface area contributed by atoms with E-state index >= 15 is 0 Å². The number of halogens is 5. The van der Waals surface area contributed by atoms with Gasteiger partial charge in [0.1, 0.15) is 11.9 Å². The van der Waals surface area contributed by atoms with Crippen LogP contribution in [0.15, 0.2) is 35.5 Å². The summed E-state index contributed by atoms with van der Waals surface area (Å²) in [6, 6.07) is 4.82. The molecule has 33 heavy (non-hydrogen) atoms. The van der Waals surface area contributed by atoms with Crippen molar-refractivity contribution in [1.29, 1.82) is 0 Å². The summed E-state index contributed by atoms with van der Waals surface area (Å²) in [5, 5.41) is 7.32. The molecule has 0 spiro atoms. The minimum atomic E-state index is -4.63. The van der Waals surface area contributed by atoms with Crippen LogP contribution < -0.4 is 5.32 Å². The second kappa shape index (κ2) is 9.58. The van der Waals surface area contributed by atoms with Gasteiger partial charge in [-0.15, -0.1) is 0 Å². The van der Waals surface area contributed by atoms with E-state index in [0.29, 0.717) is 34.9 Å². The van der Waals surface area contributed by atoms with Crippen LogP contribution in [0.25, 0.3) is 0 Å². The molecular weight excluding hydrogens is 476 g/mol. The van der Waals surface area contributed by atoms with Crippen LogP contribution in [-0.2, 0) is 11.0 Å². The van der Waals surface area contributed by atoms with Crippen molar-refractivity contribution in [3.05, 3.63) is 56.8 Å². The molecule has 0 radical (unpaired) electrons. The predicted octanol–water partition coefficient (Wildman–Crippen LogP) is 6.64. The van der Waals surface area contributed by atoms with Crippen LogP contribution in [0.4, 0.5) is 19.0 Å². The number of carbonyl (C=O) groups is 1. The Bertz CT molecular complexity index is 1070. The summed E-state index contributed by atoms with van der Waals surface area (Å²) in [5.41, 5.74) is 0.257. The van der Waals surface area contributed by atoms with Gasteiger partial charge in [-0.25, -0.2) is 4.68 Å². The smallest absolute Gasteiger partial charge is 0.344 e. The number of amides is 1. The van der Waals surface area contributed by atoms with Gasteiger partial charge in [-0.2, -0.15) is 18.3 Å². The number of fused-ring (bicyclic) bond motifs is 1. The molecule has 5 nitrogen and oxygen atoms in total. The molecule has 3 rings (SSSR count). The van der Waals surface area contributed by atoms with Crippen molar-refractivity contribution in [3.8, 4) is 0 Å². The van der Waals surface area contributed by atoms with Crippen LogP contribution in [0, 0.1) is 11.8 Å². The van der Waals surface area contributed by atoms with Gasteiger partial charge in [0.2, 0.25) is 0 Å². The van der Waals surface area contributed by atoms with Crippen LogP contribution in [0.1, 0.15) is 51.9 Å². The van der Waals surface area contributed by atoms with E-state index in [1.807, 2.05) is 27.7 Å². The van der Waals surface area contributed by atoms with Gasteiger partial charge in [0.05, 0.1) is 15.6 Å². The molecule has 1 amide bonds. The molecule has 1 aromatic heterocycles. The minimum absolute atomic E-state index is 0.145. The quantitative estimate of drug-likeness (QED) is 0.481. The van der Waals surface area contributed by atoms with Crippen molar-refractivity contribution in [2.45, 2.75) is 46.8 Å². The predicted molar refractivity (Wildman–Crippen MR) is 124 cm³/mol. The molecule has 2 heterocycles. The number of hydrogen-bond donors (Lipinski definition) is 1. The lowest BCUT2D eigenvalue weighted by atomic mass is 9.94. The number of alkyl halides is 3. The van der Waals surface area contributed by atoms with Gasteiger partial charge in [-0.1, -0.05) is 57.0 Å². The van der Waals surface area contributed by atoms with E-state index in [9.17, 15) is 18.0 Å². The standard InChI is InChI=1S/C23H27Cl2F3N4O/c1-12(2)10-31(11-13(3)4)22(33)20-14(5)29-19-9-18(23(26,27)28)30-32(19)21(20)15-6-7-16(24)17(25)8-15/h6-9,12-13,21,29H,10-11H2,1-5H3. The molecule has 0 saturated carbocycles. The van der Waals surface area contributed by atoms with E-state index in [1.165, 1.54) is 4.68 Å². The molecule has 1 unspecified atom stereocenters. The van der Waals surface area contributed by atoms with Gasteiger partial charge in [0.25, 0.3) is 5.91 Å². The molecule has 1 atom stereocenters. The number of aromatic nitrogens is 2. The summed E-state index contributed by atoms with van der Waals surface area (Å²) in [4.78, 5) is 15.6. The fraction of sp³-hybridized carbons (Fsp3) is 0.478. The third-order valence-corrected chi connectivity index (χ3v) is 5.95. The van der Waals surface area contributed by atoms with Gasteiger partial charge < -0.3 is 10.2 Å². The fourth-order valence-corrected chi connectivity index (χ4v) is 4.28. The lowest BCUT2D eigenvalue weighted by Crippen LogP contribution is -2.41. The number of nitrogens with zero attached hydrogens (tertiary/aromatic N) is 3. The maximum Gasteiger partial charge on any atom is 0.435 e. The van der Waals surface area contributed by atoms with Crippen molar-refractivity contribution < 1.29 is 18.0 Å². The van der Waals surface area contributed by atoms with Gasteiger partial charge >= 0.3 is 6.18 Å². The van der Waals surface area contributed by atoms with Crippen molar-refractivity contribution in [2.75, 3.05) is 18.4 Å². The Balaban J connectivity index is 2.18. The number of nitrogens with one attached hydrogen (secondary N) is 1. The van der Waals surface area contributed by atoms with Crippen molar-refractivity contribution in [1.82, 2.24) is 14.7 Å². The maximum absolute atomic E-state index is 13.8. The largest absolute Gasteiger partial charge is 0.435 e. The van der Waals surface area contributed by atoms with Crippen molar-refractivity contribution in [2.24, 2.45) is 11.8 Å². The Labute approximate surface area is 201 Å². The van der Waals surface area contributed by atoms with Crippen molar-refractivity contribution >= 4 is 34.9 Å². The first-order chi connectivity index (χ1) is 15.3. The van der Waals surface area contributed by atoms with E-state index in [-0.39, 0.29) is 28.6 Å². The number of hydrogen-bond acceptors (Lipinski definition) is 3. The Kier molecular flexibility index (Phi) is 7.39. The summed E-state index contributed by atoms with van der Waals surface area (Å²) in [6.07, 6.45) is -4.63. The van der Waals surface area contributed by atoms with Gasteiger partial charge in [-0.3, -0.25) is 4.79 Å². The summed E-state index contributed by atoms with van der Waals surface area (Å²) in [5.74, 6) is 0.316.